The molecule has 0 bridgehead atoms. The summed E-state index contributed by atoms with van der Waals surface area (Å²) in [5.74, 6) is 4.71. The van der Waals surface area contributed by atoms with Crippen LogP contribution in [0.5, 0.6) is 0 Å². The lowest BCUT2D eigenvalue weighted by atomic mass is 9.97. The molecule has 18 heavy (non-hydrogen) atoms. The van der Waals surface area contributed by atoms with Crippen LogP contribution in [0.4, 0.5) is 0 Å². The molecule has 0 aromatic heterocycles. The van der Waals surface area contributed by atoms with Gasteiger partial charge >= 0.3 is 5.97 Å². The summed E-state index contributed by atoms with van der Waals surface area (Å²) in [4.78, 5) is 24.3. The number of piperidine rings is 1. The van der Waals surface area contributed by atoms with Gasteiger partial charge in [0.2, 0.25) is 5.91 Å². The second-order valence-electron chi connectivity index (χ2n) is 4.35. The van der Waals surface area contributed by atoms with E-state index in [0.717, 1.165) is 6.42 Å². The van der Waals surface area contributed by atoms with Gasteiger partial charge in [0.1, 0.15) is 0 Å². The highest BCUT2D eigenvalue weighted by atomic mass is 16.4. The van der Waals surface area contributed by atoms with Gasteiger partial charge in [0.25, 0.3) is 0 Å². The molecule has 0 aromatic rings. The minimum Gasteiger partial charge on any atom is -0.481 e. The molecule has 0 aromatic carbocycles. The number of rotatable bonds is 5. The van der Waals surface area contributed by atoms with E-state index >= 15 is 0 Å². The van der Waals surface area contributed by atoms with Crippen LogP contribution in [0.2, 0.25) is 0 Å². The first-order chi connectivity index (χ1) is 8.65. The Morgan fingerprint density at radius 2 is 2.06 bits per heavy atom. The Morgan fingerprint density at radius 1 is 1.39 bits per heavy atom. The summed E-state index contributed by atoms with van der Waals surface area (Å²) in [5.41, 5.74) is 0. The summed E-state index contributed by atoms with van der Waals surface area (Å²) >= 11 is 0. The van der Waals surface area contributed by atoms with Gasteiger partial charge in [0, 0.05) is 26.1 Å². The highest BCUT2D eigenvalue weighted by molar-refractivity contribution is 5.78. The first-order valence-corrected chi connectivity index (χ1v) is 6.26. The number of nitrogens with one attached hydrogen (secondary N) is 1. The highest BCUT2D eigenvalue weighted by Gasteiger charge is 2.26. The van der Waals surface area contributed by atoms with E-state index < -0.39 is 5.97 Å². The third-order valence-electron chi connectivity index (χ3n) is 3.08. The van der Waals surface area contributed by atoms with E-state index in [1.165, 1.54) is 0 Å². The maximum Gasteiger partial charge on any atom is 0.306 e. The normalized spacial score (nSPS) is 15.9. The Morgan fingerprint density at radius 3 is 2.61 bits per heavy atom. The minimum absolute atomic E-state index is 0.0447. The number of carboxylic acid groups (broad SMARTS) is 1. The summed E-state index contributed by atoms with van der Waals surface area (Å²) in [5, 5.41) is 11.9. The molecule has 0 unspecified atom stereocenters. The number of aliphatic carboxylic acids is 1. The van der Waals surface area contributed by atoms with E-state index in [0.29, 0.717) is 39.0 Å². The third kappa shape index (κ3) is 4.76. The highest BCUT2D eigenvalue weighted by Crippen LogP contribution is 2.16. The predicted octanol–water partition coefficient (Wildman–Crippen LogP) is 0.313. The fraction of sp³-hybridized carbons (Fsp3) is 0.692. The lowest BCUT2D eigenvalue weighted by Crippen LogP contribution is -2.44. The predicted molar refractivity (Wildman–Crippen MR) is 67.9 cm³/mol. The molecule has 100 valence electrons. The summed E-state index contributed by atoms with van der Waals surface area (Å²) < 4.78 is 0. The Labute approximate surface area is 108 Å². The molecular formula is C13H20N2O3. The molecule has 1 heterocycles. The van der Waals surface area contributed by atoms with Crippen LogP contribution in [-0.2, 0) is 9.59 Å². The maximum absolute atomic E-state index is 11.8. The molecular weight excluding hydrogens is 232 g/mol. The van der Waals surface area contributed by atoms with E-state index in [-0.39, 0.29) is 11.8 Å². The van der Waals surface area contributed by atoms with Crippen molar-refractivity contribution in [3.63, 3.8) is 0 Å². The molecule has 2 N–H and O–H groups in total. The molecule has 1 amide bonds. The molecule has 1 fully saturated rings. The Bertz CT molecular complexity index is 349. The largest absolute Gasteiger partial charge is 0.481 e. The first-order valence-electron chi connectivity index (χ1n) is 6.26. The zero-order chi connectivity index (χ0) is 13.4. The molecule has 5 heteroatoms. The Kier molecular flexibility index (Phi) is 6.23. The summed E-state index contributed by atoms with van der Waals surface area (Å²) in [6.45, 7) is 3.90. The molecule has 1 aliphatic rings. The fourth-order valence-electron chi connectivity index (χ4n) is 1.96. The number of carboxylic acids is 1. The van der Waals surface area contributed by atoms with E-state index in [2.05, 4.69) is 17.2 Å². The van der Waals surface area contributed by atoms with E-state index in [4.69, 9.17) is 5.11 Å². The number of carbonyl (C=O) groups is 2. The van der Waals surface area contributed by atoms with E-state index in [9.17, 15) is 9.59 Å². The van der Waals surface area contributed by atoms with Crippen molar-refractivity contribution in [3.8, 4) is 11.8 Å². The Balaban J connectivity index is 2.19. The van der Waals surface area contributed by atoms with Crippen molar-refractivity contribution in [1.82, 2.24) is 10.2 Å². The summed E-state index contributed by atoms with van der Waals surface area (Å²) in [6.07, 6.45) is 1.86. The molecule has 1 rings (SSSR count). The molecule has 1 saturated heterocycles. The monoisotopic (exact) mass is 252 g/mol. The molecule has 0 atom stereocenters. The van der Waals surface area contributed by atoms with Crippen LogP contribution in [0.25, 0.3) is 0 Å². The van der Waals surface area contributed by atoms with Gasteiger partial charge in [0.05, 0.1) is 12.5 Å². The average Bonchev–Trinajstić information content (AvgIpc) is 2.38. The van der Waals surface area contributed by atoms with Crippen LogP contribution in [0.1, 0.15) is 26.2 Å². The summed E-state index contributed by atoms with van der Waals surface area (Å²) in [6, 6.07) is 0. The lowest BCUT2D eigenvalue weighted by molar-refractivity contribution is -0.145. The number of hydrogen-bond acceptors (Lipinski definition) is 3. The van der Waals surface area contributed by atoms with Crippen molar-refractivity contribution in [3.05, 3.63) is 0 Å². The van der Waals surface area contributed by atoms with Crippen molar-refractivity contribution in [1.29, 1.82) is 0 Å². The van der Waals surface area contributed by atoms with Crippen LogP contribution in [0, 0.1) is 17.8 Å². The SMILES string of the molecule is CC#CCCNCC(=O)N1CCC(C(=O)O)CC1. The molecule has 0 spiro atoms. The molecule has 0 saturated carbocycles. The molecule has 1 aliphatic heterocycles. The number of amides is 1. The van der Waals surface area contributed by atoms with Crippen LogP contribution in [0.15, 0.2) is 0 Å². The van der Waals surface area contributed by atoms with Gasteiger partial charge in [-0.25, -0.2) is 0 Å². The summed E-state index contributed by atoms with van der Waals surface area (Å²) in [7, 11) is 0. The van der Waals surface area contributed by atoms with Gasteiger partial charge in [0.15, 0.2) is 0 Å². The number of nitrogens with zero attached hydrogens (tertiary/aromatic N) is 1. The maximum atomic E-state index is 11.8. The quantitative estimate of drug-likeness (QED) is 0.546. The van der Waals surface area contributed by atoms with Crippen molar-refractivity contribution in [2.45, 2.75) is 26.2 Å². The zero-order valence-electron chi connectivity index (χ0n) is 10.7. The van der Waals surface area contributed by atoms with Crippen LogP contribution >= 0.6 is 0 Å². The first kappa shape index (κ1) is 14.5. The Hall–Kier alpha value is -1.54. The van der Waals surface area contributed by atoms with Crippen LogP contribution in [0.3, 0.4) is 0 Å². The van der Waals surface area contributed by atoms with Crippen molar-refractivity contribution in [2.24, 2.45) is 5.92 Å². The second-order valence-corrected chi connectivity index (χ2v) is 4.35. The molecule has 0 aliphatic carbocycles. The fourth-order valence-corrected chi connectivity index (χ4v) is 1.96. The minimum atomic E-state index is -0.752. The van der Waals surface area contributed by atoms with Gasteiger partial charge in [-0.2, -0.15) is 0 Å². The lowest BCUT2D eigenvalue weighted by Gasteiger charge is -2.30. The average molecular weight is 252 g/mol. The van der Waals surface area contributed by atoms with Crippen molar-refractivity contribution in [2.75, 3.05) is 26.2 Å². The van der Waals surface area contributed by atoms with E-state index in [1.54, 1.807) is 11.8 Å². The standard InChI is InChI=1S/C13H20N2O3/c1-2-3-4-7-14-10-12(16)15-8-5-11(6-9-15)13(17)18/h11,14H,4-10H2,1H3,(H,17,18). The van der Waals surface area contributed by atoms with Crippen molar-refractivity contribution >= 4 is 11.9 Å². The smallest absolute Gasteiger partial charge is 0.306 e. The molecule has 5 nitrogen and oxygen atoms in total. The number of hydrogen-bond donors (Lipinski definition) is 2. The zero-order valence-corrected chi connectivity index (χ0v) is 10.7. The van der Waals surface area contributed by atoms with Gasteiger partial charge < -0.3 is 15.3 Å². The van der Waals surface area contributed by atoms with Gasteiger partial charge in [-0.3, -0.25) is 9.59 Å². The van der Waals surface area contributed by atoms with Crippen LogP contribution in [-0.4, -0.2) is 48.1 Å². The van der Waals surface area contributed by atoms with Crippen molar-refractivity contribution < 1.29 is 14.7 Å². The van der Waals surface area contributed by atoms with Crippen LogP contribution < -0.4 is 5.32 Å². The number of carbonyl (C=O) groups excluding carboxylic acids is 1. The topological polar surface area (TPSA) is 69.6 Å². The van der Waals surface area contributed by atoms with Gasteiger partial charge in [-0.1, -0.05) is 0 Å². The molecule has 0 radical (unpaired) electrons. The van der Waals surface area contributed by atoms with Gasteiger partial charge in [-0.05, 0) is 19.8 Å². The third-order valence-corrected chi connectivity index (χ3v) is 3.08. The van der Waals surface area contributed by atoms with E-state index in [1.807, 2.05) is 0 Å². The second kappa shape index (κ2) is 7.72. The van der Waals surface area contributed by atoms with Gasteiger partial charge in [-0.15, -0.1) is 11.8 Å². The number of likely N-dealkylation sites (tertiary alicyclic amines) is 1.